The lowest BCUT2D eigenvalue weighted by Crippen LogP contribution is -2.58. The van der Waals surface area contributed by atoms with Crippen LogP contribution in [-0.4, -0.2) is 65.9 Å². The van der Waals surface area contributed by atoms with Gasteiger partial charge in [0.1, 0.15) is 11.6 Å². The number of nitrogens with one attached hydrogen (secondary N) is 2. The summed E-state index contributed by atoms with van der Waals surface area (Å²) in [5.74, 6) is 0.607. The summed E-state index contributed by atoms with van der Waals surface area (Å²) in [6.45, 7) is 6.64. The Kier molecular flexibility index (Phi) is 10.6. The molecule has 1 fully saturated rings. The van der Waals surface area contributed by atoms with Gasteiger partial charge in [-0.2, -0.15) is 0 Å². The first kappa shape index (κ1) is 28.0. The summed E-state index contributed by atoms with van der Waals surface area (Å²) in [7, 11) is 0. The molecule has 3 rings (SSSR count). The molecule has 2 aromatic carbocycles. The van der Waals surface area contributed by atoms with Crippen LogP contribution in [0.3, 0.4) is 0 Å². The number of piperazine rings is 1. The van der Waals surface area contributed by atoms with Gasteiger partial charge < -0.3 is 20.3 Å². The van der Waals surface area contributed by atoms with Crippen LogP contribution in [0.25, 0.3) is 0 Å². The van der Waals surface area contributed by atoms with E-state index in [9.17, 15) is 14.0 Å². The van der Waals surface area contributed by atoms with Gasteiger partial charge in [0.15, 0.2) is 6.61 Å². The molecule has 10 heteroatoms. The maximum absolute atomic E-state index is 13.2. The first-order valence-corrected chi connectivity index (χ1v) is 12.9. The summed E-state index contributed by atoms with van der Waals surface area (Å²) in [6, 6.07) is 11.4. The highest BCUT2D eigenvalue weighted by Crippen LogP contribution is 2.24. The van der Waals surface area contributed by atoms with Crippen LogP contribution in [0.2, 0.25) is 5.02 Å². The summed E-state index contributed by atoms with van der Waals surface area (Å²) in [6.07, 6.45) is 0.681. The maximum Gasteiger partial charge on any atom is 0.315 e. The lowest BCUT2D eigenvalue weighted by molar-refractivity contribution is -0.139. The number of halogens is 3. The van der Waals surface area contributed by atoms with Crippen LogP contribution in [0.15, 0.2) is 42.5 Å². The minimum atomic E-state index is -0.316. The van der Waals surface area contributed by atoms with Crippen LogP contribution < -0.4 is 15.4 Å². The number of rotatable bonds is 10. The molecule has 0 radical (unpaired) electrons. The molecule has 1 aliphatic heterocycles. The number of amides is 3. The van der Waals surface area contributed by atoms with Gasteiger partial charge in [-0.3, -0.25) is 9.69 Å². The van der Waals surface area contributed by atoms with Crippen molar-refractivity contribution in [3.8, 4) is 5.75 Å². The van der Waals surface area contributed by atoms with Crippen LogP contribution in [0.5, 0.6) is 5.75 Å². The molecule has 2 aromatic rings. The van der Waals surface area contributed by atoms with Crippen molar-refractivity contribution in [3.63, 3.8) is 0 Å². The standard InChI is InChI=1S/C26H33Cl2FN4O3/c1-18-15-33(19(2)14-32(18)16-20-4-7-23(29)8-5-20)25(34)17-36-24-9-6-22(28)12-21(24)13-31-26(35)30-11-3-10-27/h4-9,12,18-19H,3,10-11,13-17H2,1-2H3,(H2,30,31,35). The zero-order valence-electron chi connectivity index (χ0n) is 20.6. The van der Waals surface area contributed by atoms with Crippen LogP contribution >= 0.6 is 23.2 Å². The highest BCUT2D eigenvalue weighted by Gasteiger charge is 2.32. The third-order valence-electron chi connectivity index (χ3n) is 6.14. The molecule has 0 spiro atoms. The molecule has 0 saturated carbocycles. The summed E-state index contributed by atoms with van der Waals surface area (Å²) in [4.78, 5) is 29.1. The summed E-state index contributed by atoms with van der Waals surface area (Å²) < 4.78 is 19.1. The Hall–Kier alpha value is -2.55. The topological polar surface area (TPSA) is 73.9 Å². The zero-order valence-corrected chi connectivity index (χ0v) is 22.1. The molecule has 0 aliphatic carbocycles. The van der Waals surface area contributed by atoms with E-state index in [-0.39, 0.29) is 43.0 Å². The minimum Gasteiger partial charge on any atom is -0.483 e. The van der Waals surface area contributed by atoms with Crippen LogP contribution in [0, 0.1) is 5.82 Å². The van der Waals surface area contributed by atoms with E-state index >= 15 is 0 Å². The molecule has 0 aromatic heterocycles. The third kappa shape index (κ3) is 8.25. The Morgan fingerprint density at radius 1 is 1.08 bits per heavy atom. The maximum atomic E-state index is 13.2. The first-order valence-electron chi connectivity index (χ1n) is 12.0. The highest BCUT2D eigenvalue weighted by atomic mass is 35.5. The molecule has 36 heavy (non-hydrogen) atoms. The smallest absolute Gasteiger partial charge is 0.315 e. The highest BCUT2D eigenvalue weighted by molar-refractivity contribution is 6.30. The monoisotopic (exact) mass is 538 g/mol. The van der Waals surface area contributed by atoms with E-state index < -0.39 is 0 Å². The molecule has 1 saturated heterocycles. The van der Waals surface area contributed by atoms with Crippen molar-refractivity contribution in [3.05, 3.63) is 64.4 Å². The second-order valence-electron chi connectivity index (χ2n) is 8.99. The Morgan fingerprint density at radius 3 is 2.56 bits per heavy atom. The molecule has 2 N–H and O–H groups in total. The van der Waals surface area contributed by atoms with E-state index in [0.717, 1.165) is 5.56 Å². The summed E-state index contributed by atoms with van der Waals surface area (Å²) >= 11 is 11.8. The summed E-state index contributed by atoms with van der Waals surface area (Å²) in [5, 5.41) is 5.99. The second kappa shape index (κ2) is 13.7. The van der Waals surface area contributed by atoms with E-state index in [1.165, 1.54) is 12.1 Å². The Labute approximate surface area is 221 Å². The average molecular weight is 539 g/mol. The molecular formula is C26H33Cl2FN4O3. The number of carbonyl (C=O) groups is 2. The van der Waals surface area contributed by atoms with Crippen molar-refractivity contribution in [2.45, 2.75) is 45.4 Å². The van der Waals surface area contributed by atoms with Crippen molar-refractivity contribution < 1.29 is 18.7 Å². The molecule has 1 heterocycles. The lowest BCUT2D eigenvalue weighted by Gasteiger charge is -2.44. The van der Waals surface area contributed by atoms with Gasteiger partial charge in [-0.1, -0.05) is 23.7 Å². The van der Waals surface area contributed by atoms with Crippen molar-refractivity contribution in [1.82, 2.24) is 20.4 Å². The fourth-order valence-corrected chi connectivity index (χ4v) is 4.47. The number of alkyl halides is 1. The van der Waals surface area contributed by atoms with Gasteiger partial charge in [-0.25, -0.2) is 9.18 Å². The number of ether oxygens (including phenoxy) is 1. The minimum absolute atomic E-state index is 0.000728. The predicted octanol–water partition coefficient (Wildman–Crippen LogP) is 4.41. The SMILES string of the molecule is CC1CN(C(=O)COc2ccc(Cl)cc2CNC(=O)NCCCCl)C(C)CN1Cc1ccc(F)cc1. The van der Waals surface area contributed by atoms with Crippen molar-refractivity contribution in [2.75, 3.05) is 32.1 Å². The van der Waals surface area contributed by atoms with E-state index in [4.69, 9.17) is 27.9 Å². The van der Waals surface area contributed by atoms with Gasteiger partial charge in [0, 0.05) is 61.3 Å². The van der Waals surface area contributed by atoms with Crippen molar-refractivity contribution in [2.24, 2.45) is 0 Å². The van der Waals surface area contributed by atoms with E-state index in [0.29, 0.717) is 54.8 Å². The van der Waals surface area contributed by atoms with Gasteiger partial charge in [-0.05, 0) is 56.2 Å². The van der Waals surface area contributed by atoms with Crippen molar-refractivity contribution in [1.29, 1.82) is 0 Å². The fourth-order valence-electron chi connectivity index (χ4n) is 4.15. The number of hydrogen-bond acceptors (Lipinski definition) is 4. The summed E-state index contributed by atoms with van der Waals surface area (Å²) in [5.41, 5.74) is 1.71. The van der Waals surface area contributed by atoms with E-state index in [1.807, 2.05) is 11.8 Å². The molecule has 1 aliphatic rings. The molecule has 2 unspecified atom stereocenters. The average Bonchev–Trinajstić information content (AvgIpc) is 2.85. The van der Waals surface area contributed by atoms with Gasteiger partial charge in [-0.15, -0.1) is 11.6 Å². The van der Waals surface area contributed by atoms with E-state index in [1.54, 1.807) is 30.3 Å². The second-order valence-corrected chi connectivity index (χ2v) is 9.81. The third-order valence-corrected chi connectivity index (χ3v) is 6.65. The number of benzene rings is 2. The predicted molar refractivity (Wildman–Crippen MR) is 140 cm³/mol. The first-order chi connectivity index (χ1) is 17.3. The molecule has 0 bridgehead atoms. The van der Waals surface area contributed by atoms with Gasteiger partial charge in [0.2, 0.25) is 0 Å². The number of nitrogens with zero attached hydrogens (tertiary/aromatic N) is 2. The van der Waals surface area contributed by atoms with Crippen LogP contribution in [0.1, 0.15) is 31.4 Å². The molecule has 3 amide bonds. The van der Waals surface area contributed by atoms with Crippen molar-refractivity contribution >= 4 is 35.1 Å². The Morgan fingerprint density at radius 2 is 1.83 bits per heavy atom. The number of hydrogen-bond donors (Lipinski definition) is 2. The van der Waals surface area contributed by atoms with Gasteiger partial charge in [0.25, 0.3) is 5.91 Å². The largest absolute Gasteiger partial charge is 0.483 e. The molecule has 2 atom stereocenters. The molecule has 196 valence electrons. The fraction of sp³-hybridized carbons (Fsp3) is 0.462. The van der Waals surface area contributed by atoms with Gasteiger partial charge >= 0.3 is 6.03 Å². The Bertz CT molecular complexity index is 1020. The molecular weight excluding hydrogens is 506 g/mol. The van der Waals surface area contributed by atoms with E-state index in [2.05, 4.69) is 22.5 Å². The number of carbonyl (C=O) groups excluding carboxylic acids is 2. The quantitative estimate of drug-likeness (QED) is 0.347. The normalized spacial score (nSPS) is 18.1. The molecule has 7 nitrogen and oxygen atoms in total. The zero-order chi connectivity index (χ0) is 26.1. The number of urea groups is 1. The van der Waals surface area contributed by atoms with Gasteiger partial charge in [0.05, 0.1) is 0 Å². The van der Waals surface area contributed by atoms with Crippen LogP contribution in [-0.2, 0) is 17.9 Å². The van der Waals surface area contributed by atoms with Crippen LogP contribution in [0.4, 0.5) is 9.18 Å². The Balaban J connectivity index is 1.54. The lowest BCUT2D eigenvalue weighted by atomic mass is 10.1.